The van der Waals surface area contributed by atoms with Gasteiger partial charge in [0.1, 0.15) is 11.6 Å². The molecule has 120 valence electrons. The standard InChI is InChI=1S/C15H17F2NO4/c1-9-6-10(12(17)7-11(9)16)13(19)18-5-3-4-15(18,8-22-2)14(20)21/h6-7H,3-5,8H2,1-2H3,(H,20,21). The van der Waals surface area contributed by atoms with Gasteiger partial charge < -0.3 is 14.7 Å². The average Bonchev–Trinajstić information content (AvgIpc) is 2.87. The van der Waals surface area contributed by atoms with Gasteiger partial charge in [0, 0.05) is 19.7 Å². The molecule has 0 aromatic heterocycles. The lowest BCUT2D eigenvalue weighted by atomic mass is 9.96. The van der Waals surface area contributed by atoms with Crippen molar-refractivity contribution in [3.8, 4) is 0 Å². The number of carboxylic acid groups (broad SMARTS) is 1. The molecule has 1 aromatic rings. The quantitative estimate of drug-likeness (QED) is 0.923. The van der Waals surface area contributed by atoms with Gasteiger partial charge in [0.15, 0.2) is 5.54 Å². The first kappa shape index (κ1) is 16.4. The van der Waals surface area contributed by atoms with E-state index in [0.29, 0.717) is 12.5 Å². The highest BCUT2D eigenvalue weighted by Crippen LogP contribution is 2.32. The maximum atomic E-state index is 13.9. The van der Waals surface area contributed by atoms with Crippen LogP contribution in [0.15, 0.2) is 12.1 Å². The van der Waals surface area contributed by atoms with E-state index in [1.807, 2.05) is 0 Å². The van der Waals surface area contributed by atoms with E-state index < -0.39 is 29.0 Å². The molecule has 1 amide bonds. The molecule has 1 heterocycles. The lowest BCUT2D eigenvalue weighted by molar-refractivity contribution is -0.151. The number of aliphatic carboxylic acids is 1. The molecule has 5 nitrogen and oxygen atoms in total. The van der Waals surface area contributed by atoms with Crippen LogP contribution in [0.5, 0.6) is 0 Å². The van der Waals surface area contributed by atoms with Crippen LogP contribution in [0.1, 0.15) is 28.8 Å². The summed E-state index contributed by atoms with van der Waals surface area (Å²) in [6, 6.07) is 1.74. The fourth-order valence-corrected chi connectivity index (χ4v) is 2.81. The summed E-state index contributed by atoms with van der Waals surface area (Å²) in [5.41, 5.74) is -1.72. The Morgan fingerprint density at radius 1 is 1.36 bits per heavy atom. The van der Waals surface area contributed by atoms with Crippen molar-refractivity contribution in [2.45, 2.75) is 25.3 Å². The van der Waals surface area contributed by atoms with Crippen LogP contribution in [-0.2, 0) is 9.53 Å². The summed E-state index contributed by atoms with van der Waals surface area (Å²) in [5.74, 6) is -3.72. The van der Waals surface area contributed by atoms with Crippen LogP contribution in [0, 0.1) is 18.6 Å². The number of amides is 1. The maximum Gasteiger partial charge on any atom is 0.332 e. The van der Waals surface area contributed by atoms with E-state index in [4.69, 9.17) is 4.74 Å². The van der Waals surface area contributed by atoms with Crippen LogP contribution < -0.4 is 0 Å². The van der Waals surface area contributed by atoms with Crippen molar-refractivity contribution in [3.05, 3.63) is 34.9 Å². The van der Waals surface area contributed by atoms with Crippen LogP contribution >= 0.6 is 0 Å². The minimum absolute atomic E-state index is 0.122. The predicted octanol–water partition coefficient (Wildman–Crippen LogP) is 1.98. The Bertz CT molecular complexity index is 620. The largest absolute Gasteiger partial charge is 0.479 e. The van der Waals surface area contributed by atoms with E-state index in [1.165, 1.54) is 14.0 Å². The molecule has 1 fully saturated rings. The van der Waals surface area contributed by atoms with Gasteiger partial charge >= 0.3 is 5.97 Å². The Hall–Kier alpha value is -2.02. The third-order valence-corrected chi connectivity index (χ3v) is 3.99. The van der Waals surface area contributed by atoms with Crippen molar-refractivity contribution in [3.63, 3.8) is 0 Å². The van der Waals surface area contributed by atoms with Crippen LogP contribution in [-0.4, -0.2) is 47.7 Å². The zero-order valence-electron chi connectivity index (χ0n) is 12.4. The fraction of sp³-hybridized carbons (Fsp3) is 0.467. The Kier molecular flexibility index (Phi) is 4.46. The van der Waals surface area contributed by atoms with Gasteiger partial charge in [0.2, 0.25) is 0 Å². The Morgan fingerprint density at radius 3 is 2.64 bits per heavy atom. The van der Waals surface area contributed by atoms with Crippen LogP contribution in [0.25, 0.3) is 0 Å². The second-order valence-electron chi connectivity index (χ2n) is 5.41. The number of nitrogens with zero attached hydrogens (tertiary/aromatic N) is 1. The summed E-state index contributed by atoms with van der Waals surface area (Å²) >= 11 is 0. The Labute approximate surface area is 126 Å². The van der Waals surface area contributed by atoms with Crippen LogP contribution in [0.4, 0.5) is 8.78 Å². The second-order valence-corrected chi connectivity index (χ2v) is 5.41. The first-order valence-electron chi connectivity index (χ1n) is 6.83. The van der Waals surface area contributed by atoms with Crippen molar-refractivity contribution in [2.75, 3.05) is 20.3 Å². The average molecular weight is 313 g/mol. The number of benzene rings is 1. The number of carbonyl (C=O) groups excluding carboxylic acids is 1. The normalized spacial score (nSPS) is 21.2. The summed E-state index contributed by atoms with van der Waals surface area (Å²) in [4.78, 5) is 25.3. The molecule has 0 spiro atoms. The number of carbonyl (C=O) groups is 2. The van der Waals surface area contributed by atoms with Crippen molar-refractivity contribution in [2.24, 2.45) is 0 Å². The van der Waals surface area contributed by atoms with Gasteiger partial charge in [-0.1, -0.05) is 0 Å². The van der Waals surface area contributed by atoms with Gasteiger partial charge in [0.25, 0.3) is 5.91 Å². The highest BCUT2D eigenvalue weighted by molar-refractivity contribution is 5.98. The molecule has 1 aliphatic heterocycles. The minimum Gasteiger partial charge on any atom is -0.479 e. The third-order valence-electron chi connectivity index (χ3n) is 3.99. The molecular formula is C15H17F2NO4. The molecule has 0 bridgehead atoms. The molecule has 1 aromatic carbocycles. The van der Waals surface area contributed by atoms with Crippen LogP contribution in [0.3, 0.4) is 0 Å². The number of likely N-dealkylation sites (tertiary alicyclic amines) is 1. The van der Waals surface area contributed by atoms with Gasteiger partial charge in [-0.15, -0.1) is 0 Å². The highest BCUT2D eigenvalue weighted by atomic mass is 19.1. The second kappa shape index (κ2) is 6.00. The molecule has 7 heteroatoms. The molecule has 1 aliphatic rings. The Balaban J connectivity index is 2.44. The smallest absolute Gasteiger partial charge is 0.332 e. The van der Waals surface area contributed by atoms with Crippen LogP contribution in [0.2, 0.25) is 0 Å². The number of aryl methyl sites for hydroxylation is 1. The lowest BCUT2D eigenvalue weighted by Crippen LogP contribution is -2.56. The number of carboxylic acids is 1. The fourth-order valence-electron chi connectivity index (χ4n) is 2.81. The van der Waals surface area contributed by atoms with Gasteiger partial charge in [-0.2, -0.15) is 0 Å². The molecule has 1 N–H and O–H groups in total. The SMILES string of the molecule is COCC1(C(=O)O)CCCN1C(=O)c1cc(C)c(F)cc1F. The Morgan fingerprint density at radius 2 is 2.05 bits per heavy atom. The number of methoxy groups -OCH3 is 1. The summed E-state index contributed by atoms with van der Waals surface area (Å²) in [6.45, 7) is 1.41. The van der Waals surface area contributed by atoms with Crippen molar-refractivity contribution in [1.82, 2.24) is 4.90 Å². The monoisotopic (exact) mass is 313 g/mol. The van der Waals surface area contributed by atoms with E-state index in [-0.39, 0.29) is 30.7 Å². The molecular weight excluding hydrogens is 296 g/mol. The van der Waals surface area contributed by atoms with Gasteiger partial charge in [-0.3, -0.25) is 4.79 Å². The first-order valence-corrected chi connectivity index (χ1v) is 6.83. The zero-order chi connectivity index (χ0) is 16.5. The van der Waals surface area contributed by atoms with E-state index in [0.717, 1.165) is 11.0 Å². The zero-order valence-corrected chi connectivity index (χ0v) is 12.4. The van der Waals surface area contributed by atoms with E-state index in [9.17, 15) is 23.5 Å². The number of rotatable bonds is 4. The predicted molar refractivity (Wildman–Crippen MR) is 73.6 cm³/mol. The number of hydrogen-bond donors (Lipinski definition) is 1. The molecule has 1 saturated heterocycles. The summed E-state index contributed by atoms with van der Waals surface area (Å²) in [7, 11) is 1.34. The van der Waals surface area contributed by atoms with Gasteiger partial charge in [-0.25, -0.2) is 13.6 Å². The van der Waals surface area contributed by atoms with Gasteiger partial charge in [-0.05, 0) is 31.4 Å². The summed E-state index contributed by atoms with van der Waals surface area (Å²) < 4.78 is 32.2. The topological polar surface area (TPSA) is 66.8 Å². The maximum absolute atomic E-state index is 13.9. The molecule has 1 atom stereocenters. The molecule has 1 unspecified atom stereocenters. The molecule has 0 saturated carbocycles. The van der Waals surface area contributed by atoms with E-state index >= 15 is 0 Å². The van der Waals surface area contributed by atoms with Crippen molar-refractivity contribution in [1.29, 1.82) is 0 Å². The molecule has 2 rings (SSSR count). The highest BCUT2D eigenvalue weighted by Gasteiger charge is 2.50. The summed E-state index contributed by atoms with van der Waals surface area (Å²) in [5, 5.41) is 9.50. The molecule has 0 aliphatic carbocycles. The van der Waals surface area contributed by atoms with E-state index in [1.54, 1.807) is 0 Å². The minimum atomic E-state index is -1.51. The van der Waals surface area contributed by atoms with Gasteiger partial charge in [0.05, 0.1) is 12.2 Å². The lowest BCUT2D eigenvalue weighted by Gasteiger charge is -2.34. The van der Waals surface area contributed by atoms with E-state index in [2.05, 4.69) is 0 Å². The number of halogens is 2. The molecule has 22 heavy (non-hydrogen) atoms. The summed E-state index contributed by atoms with van der Waals surface area (Å²) in [6.07, 6.45) is 0.701. The number of hydrogen-bond acceptors (Lipinski definition) is 3. The number of ether oxygens (including phenoxy) is 1. The molecule has 0 radical (unpaired) electrons. The third kappa shape index (κ3) is 2.56. The van der Waals surface area contributed by atoms with Crippen molar-refractivity contribution >= 4 is 11.9 Å². The van der Waals surface area contributed by atoms with Crippen molar-refractivity contribution < 1.29 is 28.2 Å². The first-order chi connectivity index (χ1) is 10.3.